The van der Waals surface area contributed by atoms with Gasteiger partial charge in [0.2, 0.25) is 0 Å². The largest absolute Gasteiger partial charge is 0.491 e. The van der Waals surface area contributed by atoms with Gasteiger partial charge < -0.3 is 10.1 Å². The minimum atomic E-state index is -0.346. The highest BCUT2D eigenvalue weighted by molar-refractivity contribution is 6.05. The number of nitrogens with one attached hydrogen (secondary N) is 3. The van der Waals surface area contributed by atoms with Gasteiger partial charge in [0, 0.05) is 12.0 Å². The molecule has 1 heterocycles. The van der Waals surface area contributed by atoms with Crippen molar-refractivity contribution < 1.29 is 9.53 Å². The second-order valence-corrected chi connectivity index (χ2v) is 5.49. The Morgan fingerprint density at radius 3 is 2.68 bits per heavy atom. The molecule has 3 N–H and O–H groups in total. The lowest BCUT2D eigenvalue weighted by Gasteiger charge is -2.13. The van der Waals surface area contributed by atoms with Gasteiger partial charge in [-0.15, -0.1) is 0 Å². The number of aromatic amines is 2. The maximum atomic E-state index is 12.5. The Kier molecular flexibility index (Phi) is 4.94. The molecular weight excluding hydrogens is 320 g/mol. The van der Waals surface area contributed by atoms with E-state index in [1.165, 1.54) is 0 Å². The fourth-order valence-corrected chi connectivity index (χ4v) is 2.39. The van der Waals surface area contributed by atoms with Crippen molar-refractivity contribution in [2.45, 2.75) is 13.3 Å². The first-order valence-electron chi connectivity index (χ1n) is 7.86. The summed E-state index contributed by atoms with van der Waals surface area (Å²) < 4.78 is 5.73. The van der Waals surface area contributed by atoms with Crippen LogP contribution < -0.4 is 15.7 Å². The minimum Gasteiger partial charge on any atom is -0.491 e. The number of aromatic nitrogens is 3. The van der Waals surface area contributed by atoms with Crippen LogP contribution in [0.2, 0.25) is 0 Å². The quantitative estimate of drug-likeness (QED) is 0.642. The fourth-order valence-electron chi connectivity index (χ4n) is 2.39. The average molecular weight is 338 g/mol. The monoisotopic (exact) mass is 338 g/mol. The summed E-state index contributed by atoms with van der Waals surface area (Å²) in [4.78, 5) is 26.0. The first-order valence-corrected chi connectivity index (χ1v) is 7.86. The van der Waals surface area contributed by atoms with Crippen molar-refractivity contribution in [1.82, 2.24) is 15.2 Å². The lowest BCUT2D eigenvalue weighted by molar-refractivity contribution is 0.102. The van der Waals surface area contributed by atoms with Gasteiger partial charge in [-0.1, -0.05) is 30.3 Å². The second kappa shape index (κ2) is 7.48. The van der Waals surface area contributed by atoms with Crippen LogP contribution in [0, 0.1) is 6.92 Å². The van der Waals surface area contributed by atoms with Crippen LogP contribution in [0.25, 0.3) is 0 Å². The van der Waals surface area contributed by atoms with Gasteiger partial charge in [-0.2, -0.15) is 5.10 Å². The number of nitrogens with zero attached hydrogens (tertiary/aromatic N) is 1. The summed E-state index contributed by atoms with van der Waals surface area (Å²) in [5.41, 5.74) is 1.76. The van der Waals surface area contributed by atoms with Crippen molar-refractivity contribution in [2.24, 2.45) is 0 Å². The number of para-hydroxylation sites is 2. The van der Waals surface area contributed by atoms with Crippen molar-refractivity contribution in [3.63, 3.8) is 0 Å². The van der Waals surface area contributed by atoms with Crippen molar-refractivity contribution in [3.8, 4) is 5.75 Å². The minimum absolute atomic E-state index is 0.189. The SMILES string of the molecule is Cc1ccccc1C(=O)Nc1ccccc1OCCc1n[nH]c(=O)[nH]1. The molecule has 0 aliphatic rings. The predicted molar refractivity (Wildman–Crippen MR) is 94.0 cm³/mol. The molecule has 0 fully saturated rings. The molecule has 0 saturated heterocycles. The average Bonchev–Trinajstić information content (AvgIpc) is 3.02. The number of carbonyl (C=O) groups excluding carboxylic acids is 1. The smallest absolute Gasteiger partial charge is 0.340 e. The molecule has 0 unspecified atom stereocenters. The van der Waals surface area contributed by atoms with E-state index in [4.69, 9.17) is 4.74 Å². The number of carbonyl (C=O) groups is 1. The summed E-state index contributed by atoms with van der Waals surface area (Å²) in [5.74, 6) is 0.888. The lowest BCUT2D eigenvalue weighted by Crippen LogP contribution is -2.14. The third-order valence-electron chi connectivity index (χ3n) is 3.67. The molecule has 3 aromatic rings. The van der Waals surface area contributed by atoms with E-state index in [0.29, 0.717) is 35.9 Å². The van der Waals surface area contributed by atoms with Crippen molar-refractivity contribution in [2.75, 3.05) is 11.9 Å². The van der Waals surface area contributed by atoms with E-state index in [9.17, 15) is 9.59 Å². The predicted octanol–water partition coefficient (Wildman–Crippen LogP) is 2.28. The third-order valence-corrected chi connectivity index (χ3v) is 3.67. The number of amides is 1. The summed E-state index contributed by atoms with van der Waals surface area (Å²) in [6.45, 7) is 2.21. The van der Waals surface area contributed by atoms with Crippen molar-refractivity contribution >= 4 is 11.6 Å². The van der Waals surface area contributed by atoms with Gasteiger partial charge in [-0.05, 0) is 30.7 Å². The zero-order chi connectivity index (χ0) is 17.6. The summed E-state index contributed by atoms with van der Waals surface area (Å²) >= 11 is 0. The Morgan fingerprint density at radius 1 is 1.16 bits per heavy atom. The van der Waals surface area contributed by atoms with Gasteiger partial charge in [0.1, 0.15) is 11.6 Å². The van der Waals surface area contributed by atoms with Crippen LogP contribution >= 0.6 is 0 Å². The number of H-pyrrole nitrogens is 2. The lowest BCUT2D eigenvalue weighted by atomic mass is 10.1. The van der Waals surface area contributed by atoms with Crippen LogP contribution in [0.5, 0.6) is 5.75 Å². The van der Waals surface area contributed by atoms with Crippen LogP contribution in [-0.4, -0.2) is 27.7 Å². The van der Waals surface area contributed by atoms with E-state index in [1.54, 1.807) is 18.2 Å². The van der Waals surface area contributed by atoms with Crippen LogP contribution in [0.3, 0.4) is 0 Å². The van der Waals surface area contributed by atoms with Crippen LogP contribution in [0.15, 0.2) is 53.3 Å². The first-order chi connectivity index (χ1) is 12.1. The number of aryl methyl sites for hydroxylation is 1. The van der Waals surface area contributed by atoms with E-state index in [-0.39, 0.29) is 11.6 Å². The molecule has 1 amide bonds. The number of hydrogen-bond donors (Lipinski definition) is 3. The highest BCUT2D eigenvalue weighted by atomic mass is 16.5. The van der Waals surface area contributed by atoms with Gasteiger partial charge in [0.05, 0.1) is 12.3 Å². The van der Waals surface area contributed by atoms with Gasteiger partial charge in [-0.25, -0.2) is 9.89 Å². The summed E-state index contributed by atoms with van der Waals surface area (Å²) in [5, 5.41) is 9.01. The van der Waals surface area contributed by atoms with Gasteiger partial charge in [-0.3, -0.25) is 9.78 Å². The number of hydrogen-bond acceptors (Lipinski definition) is 4. The van der Waals surface area contributed by atoms with E-state index in [2.05, 4.69) is 20.5 Å². The van der Waals surface area contributed by atoms with Crippen molar-refractivity contribution in [1.29, 1.82) is 0 Å². The molecule has 3 rings (SSSR count). The third kappa shape index (κ3) is 4.14. The molecule has 25 heavy (non-hydrogen) atoms. The summed E-state index contributed by atoms with van der Waals surface area (Å²) in [6.07, 6.45) is 0.443. The molecule has 7 heteroatoms. The maximum absolute atomic E-state index is 12.5. The van der Waals surface area contributed by atoms with Crippen LogP contribution in [0.4, 0.5) is 5.69 Å². The molecule has 2 aromatic carbocycles. The summed E-state index contributed by atoms with van der Waals surface area (Å²) in [6, 6.07) is 14.6. The molecule has 1 aromatic heterocycles. The Bertz CT molecular complexity index is 930. The highest BCUT2D eigenvalue weighted by Gasteiger charge is 2.11. The zero-order valence-electron chi connectivity index (χ0n) is 13.7. The normalized spacial score (nSPS) is 10.4. The molecular formula is C18H18N4O3. The van der Waals surface area contributed by atoms with E-state index in [1.807, 2.05) is 37.3 Å². The molecule has 0 spiro atoms. The highest BCUT2D eigenvalue weighted by Crippen LogP contribution is 2.24. The molecule has 0 aliphatic carbocycles. The topological polar surface area (TPSA) is 99.9 Å². The molecule has 0 saturated carbocycles. The van der Waals surface area contributed by atoms with Crippen LogP contribution in [-0.2, 0) is 6.42 Å². The number of rotatable bonds is 6. The Hall–Kier alpha value is -3.35. The molecule has 0 radical (unpaired) electrons. The number of ether oxygens (including phenoxy) is 1. The van der Waals surface area contributed by atoms with Gasteiger partial charge >= 0.3 is 5.69 Å². The van der Waals surface area contributed by atoms with E-state index in [0.717, 1.165) is 5.56 Å². The first kappa shape index (κ1) is 16.5. The molecule has 7 nitrogen and oxygen atoms in total. The van der Waals surface area contributed by atoms with E-state index >= 15 is 0 Å². The molecule has 0 bridgehead atoms. The maximum Gasteiger partial charge on any atom is 0.340 e. The molecule has 0 aliphatic heterocycles. The Morgan fingerprint density at radius 2 is 1.92 bits per heavy atom. The second-order valence-electron chi connectivity index (χ2n) is 5.49. The molecule has 128 valence electrons. The Labute approximate surface area is 144 Å². The van der Waals surface area contributed by atoms with E-state index < -0.39 is 0 Å². The number of anilines is 1. The van der Waals surface area contributed by atoms with Crippen molar-refractivity contribution in [3.05, 3.63) is 76.0 Å². The summed E-state index contributed by atoms with van der Waals surface area (Å²) in [7, 11) is 0. The fraction of sp³-hybridized carbons (Fsp3) is 0.167. The standard InChI is InChI=1S/C18H18N4O3/c1-12-6-2-3-7-13(12)17(23)19-14-8-4-5-9-15(14)25-11-10-16-20-18(24)22-21-16/h2-9H,10-11H2,1H3,(H,19,23)(H2,20,21,22,24). The van der Waals surface area contributed by atoms with Crippen LogP contribution in [0.1, 0.15) is 21.7 Å². The van der Waals surface area contributed by atoms with Gasteiger partial charge in [0.15, 0.2) is 0 Å². The zero-order valence-corrected chi connectivity index (χ0v) is 13.7. The Balaban J connectivity index is 1.67. The van der Waals surface area contributed by atoms with Gasteiger partial charge in [0.25, 0.3) is 5.91 Å². The number of benzene rings is 2. The molecule has 0 atom stereocenters.